The second-order valence-electron chi connectivity index (χ2n) is 4.70. The first-order valence-corrected chi connectivity index (χ1v) is 6.12. The maximum absolute atomic E-state index is 9.43. The maximum atomic E-state index is 9.43. The lowest BCUT2D eigenvalue weighted by atomic mass is 9.75. The SMILES string of the molecule is CCCC1CCC(CO)(NCC)CC1. The summed E-state index contributed by atoms with van der Waals surface area (Å²) in [5.74, 6) is 0.915. The molecule has 1 aliphatic rings. The van der Waals surface area contributed by atoms with Crippen LogP contribution < -0.4 is 5.32 Å². The number of hydrogen-bond acceptors (Lipinski definition) is 2. The van der Waals surface area contributed by atoms with E-state index in [-0.39, 0.29) is 5.54 Å². The monoisotopic (exact) mass is 199 g/mol. The van der Waals surface area contributed by atoms with Crippen molar-refractivity contribution in [3.63, 3.8) is 0 Å². The molecule has 2 N–H and O–H groups in total. The van der Waals surface area contributed by atoms with Crippen LogP contribution in [0.3, 0.4) is 0 Å². The van der Waals surface area contributed by atoms with E-state index in [1.807, 2.05) is 0 Å². The Balaban J connectivity index is 2.38. The molecule has 0 aliphatic heterocycles. The molecule has 0 atom stereocenters. The first-order valence-electron chi connectivity index (χ1n) is 6.12. The van der Waals surface area contributed by atoms with Crippen LogP contribution in [-0.4, -0.2) is 23.8 Å². The van der Waals surface area contributed by atoms with E-state index < -0.39 is 0 Å². The second kappa shape index (κ2) is 5.72. The first-order chi connectivity index (χ1) is 6.76. The van der Waals surface area contributed by atoms with Crippen LogP contribution in [0.25, 0.3) is 0 Å². The molecular weight excluding hydrogens is 174 g/mol. The smallest absolute Gasteiger partial charge is 0.0613 e. The minimum Gasteiger partial charge on any atom is -0.394 e. The summed E-state index contributed by atoms with van der Waals surface area (Å²) >= 11 is 0. The molecule has 0 heterocycles. The van der Waals surface area contributed by atoms with Crippen LogP contribution >= 0.6 is 0 Å². The van der Waals surface area contributed by atoms with E-state index in [9.17, 15) is 5.11 Å². The van der Waals surface area contributed by atoms with Gasteiger partial charge in [0.05, 0.1) is 6.61 Å². The van der Waals surface area contributed by atoms with Crippen molar-refractivity contribution in [2.75, 3.05) is 13.2 Å². The number of rotatable bonds is 5. The van der Waals surface area contributed by atoms with Gasteiger partial charge in [0, 0.05) is 5.54 Å². The Morgan fingerprint density at radius 3 is 2.36 bits per heavy atom. The molecule has 1 rings (SSSR count). The van der Waals surface area contributed by atoms with Crippen molar-refractivity contribution in [3.8, 4) is 0 Å². The quantitative estimate of drug-likeness (QED) is 0.712. The summed E-state index contributed by atoms with van der Waals surface area (Å²) in [4.78, 5) is 0. The molecule has 0 spiro atoms. The van der Waals surface area contributed by atoms with E-state index in [0.29, 0.717) is 6.61 Å². The molecule has 1 fully saturated rings. The van der Waals surface area contributed by atoms with Crippen LogP contribution in [0.2, 0.25) is 0 Å². The summed E-state index contributed by atoms with van der Waals surface area (Å²) in [5.41, 5.74) is 0.0546. The predicted molar refractivity (Wildman–Crippen MR) is 60.4 cm³/mol. The van der Waals surface area contributed by atoms with Gasteiger partial charge < -0.3 is 10.4 Å². The number of hydrogen-bond donors (Lipinski definition) is 2. The van der Waals surface area contributed by atoms with Crippen LogP contribution in [-0.2, 0) is 0 Å². The van der Waals surface area contributed by atoms with Crippen LogP contribution in [0, 0.1) is 5.92 Å². The summed E-state index contributed by atoms with van der Waals surface area (Å²) < 4.78 is 0. The van der Waals surface area contributed by atoms with Gasteiger partial charge in [-0.15, -0.1) is 0 Å². The lowest BCUT2D eigenvalue weighted by Crippen LogP contribution is -2.50. The van der Waals surface area contributed by atoms with Gasteiger partial charge in [0.15, 0.2) is 0 Å². The molecule has 0 amide bonds. The number of nitrogens with one attached hydrogen (secondary N) is 1. The van der Waals surface area contributed by atoms with Crippen LogP contribution in [0.1, 0.15) is 52.4 Å². The molecule has 2 heteroatoms. The topological polar surface area (TPSA) is 32.3 Å². The molecule has 0 unspecified atom stereocenters. The molecule has 0 radical (unpaired) electrons. The van der Waals surface area contributed by atoms with Gasteiger partial charge in [-0.3, -0.25) is 0 Å². The largest absolute Gasteiger partial charge is 0.394 e. The van der Waals surface area contributed by atoms with E-state index in [2.05, 4.69) is 19.2 Å². The fourth-order valence-corrected chi connectivity index (χ4v) is 2.69. The van der Waals surface area contributed by atoms with Crippen molar-refractivity contribution < 1.29 is 5.11 Å². The highest BCUT2D eigenvalue weighted by molar-refractivity contribution is 4.91. The maximum Gasteiger partial charge on any atom is 0.0613 e. The second-order valence-corrected chi connectivity index (χ2v) is 4.70. The number of likely N-dealkylation sites (N-methyl/N-ethyl adjacent to an activating group) is 1. The van der Waals surface area contributed by atoms with E-state index in [1.54, 1.807) is 0 Å². The fraction of sp³-hybridized carbons (Fsp3) is 1.00. The normalized spacial score (nSPS) is 33.2. The molecule has 0 bridgehead atoms. The van der Waals surface area contributed by atoms with Gasteiger partial charge in [0.2, 0.25) is 0 Å². The highest BCUT2D eigenvalue weighted by Crippen LogP contribution is 2.33. The van der Waals surface area contributed by atoms with Crippen LogP contribution in [0.4, 0.5) is 0 Å². The average molecular weight is 199 g/mol. The predicted octanol–water partition coefficient (Wildman–Crippen LogP) is 2.32. The average Bonchev–Trinajstić information content (AvgIpc) is 2.22. The van der Waals surface area contributed by atoms with Gasteiger partial charge in [0.25, 0.3) is 0 Å². The Labute approximate surface area is 88.1 Å². The third kappa shape index (κ3) is 2.96. The van der Waals surface area contributed by atoms with Crippen molar-refractivity contribution in [2.45, 2.75) is 57.9 Å². The van der Waals surface area contributed by atoms with Crippen molar-refractivity contribution >= 4 is 0 Å². The highest BCUT2D eigenvalue weighted by atomic mass is 16.3. The lowest BCUT2D eigenvalue weighted by Gasteiger charge is -2.39. The van der Waals surface area contributed by atoms with Gasteiger partial charge in [-0.25, -0.2) is 0 Å². The summed E-state index contributed by atoms with van der Waals surface area (Å²) in [6.45, 7) is 5.66. The van der Waals surface area contributed by atoms with E-state index >= 15 is 0 Å². The van der Waals surface area contributed by atoms with Crippen LogP contribution in [0.15, 0.2) is 0 Å². The third-order valence-electron chi connectivity index (χ3n) is 3.61. The summed E-state index contributed by atoms with van der Waals surface area (Å²) in [6, 6.07) is 0. The van der Waals surface area contributed by atoms with Gasteiger partial charge >= 0.3 is 0 Å². The molecule has 1 saturated carbocycles. The lowest BCUT2D eigenvalue weighted by molar-refractivity contribution is 0.102. The van der Waals surface area contributed by atoms with Gasteiger partial charge in [-0.1, -0.05) is 26.7 Å². The van der Waals surface area contributed by atoms with Gasteiger partial charge in [-0.05, 0) is 38.1 Å². The summed E-state index contributed by atoms with van der Waals surface area (Å²) in [7, 11) is 0. The number of aliphatic hydroxyl groups is 1. The zero-order valence-corrected chi connectivity index (χ0v) is 9.68. The Kier molecular flexibility index (Phi) is 4.90. The van der Waals surface area contributed by atoms with Gasteiger partial charge in [-0.2, -0.15) is 0 Å². The molecule has 0 aromatic rings. The molecule has 84 valence electrons. The molecular formula is C12H25NO. The van der Waals surface area contributed by atoms with Crippen molar-refractivity contribution in [1.82, 2.24) is 5.32 Å². The highest BCUT2D eigenvalue weighted by Gasteiger charge is 2.33. The third-order valence-corrected chi connectivity index (χ3v) is 3.61. The minimum absolute atomic E-state index is 0.0546. The molecule has 14 heavy (non-hydrogen) atoms. The van der Waals surface area contributed by atoms with Crippen LogP contribution in [0.5, 0.6) is 0 Å². The van der Waals surface area contributed by atoms with Crippen molar-refractivity contribution in [3.05, 3.63) is 0 Å². The Hall–Kier alpha value is -0.0800. The van der Waals surface area contributed by atoms with E-state index in [1.165, 1.54) is 25.7 Å². The Bertz CT molecular complexity index is 150. The first kappa shape index (κ1) is 12.0. The standard InChI is InChI=1S/C12H25NO/c1-3-5-11-6-8-12(10-14,9-7-11)13-4-2/h11,13-14H,3-10H2,1-2H3. The summed E-state index contributed by atoms with van der Waals surface area (Å²) in [5, 5.41) is 12.9. The molecule has 0 saturated heterocycles. The minimum atomic E-state index is 0.0546. The molecule has 2 nitrogen and oxygen atoms in total. The van der Waals surface area contributed by atoms with Gasteiger partial charge in [0.1, 0.15) is 0 Å². The summed E-state index contributed by atoms with van der Waals surface area (Å²) in [6.07, 6.45) is 7.57. The van der Waals surface area contributed by atoms with E-state index in [0.717, 1.165) is 25.3 Å². The van der Waals surface area contributed by atoms with Crippen molar-refractivity contribution in [1.29, 1.82) is 0 Å². The molecule has 0 aromatic carbocycles. The number of aliphatic hydroxyl groups excluding tert-OH is 1. The fourth-order valence-electron chi connectivity index (χ4n) is 2.69. The Morgan fingerprint density at radius 1 is 1.29 bits per heavy atom. The molecule has 1 aliphatic carbocycles. The Morgan fingerprint density at radius 2 is 1.93 bits per heavy atom. The van der Waals surface area contributed by atoms with E-state index in [4.69, 9.17) is 0 Å². The zero-order valence-electron chi connectivity index (χ0n) is 9.68. The molecule has 0 aromatic heterocycles. The van der Waals surface area contributed by atoms with Crippen molar-refractivity contribution in [2.24, 2.45) is 5.92 Å². The zero-order chi connectivity index (χ0) is 10.4.